The van der Waals surface area contributed by atoms with Crippen molar-refractivity contribution < 1.29 is 17.9 Å². The van der Waals surface area contributed by atoms with Crippen molar-refractivity contribution in [3.05, 3.63) is 59.7 Å². The second kappa shape index (κ2) is 7.86. The molecule has 0 atom stereocenters. The van der Waals surface area contributed by atoms with Crippen LogP contribution in [0.2, 0.25) is 0 Å². The van der Waals surface area contributed by atoms with Gasteiger partial charge >= 0.3 is 6.18 Å². The molecule has 2 aromatic carbocycles. The van der Waals surface area contributed by atoms with E-state index < -0.39 is 11.7 Å². The predicted molar refractivity (Wildman–Crippen MR) is 89.4 cm³/mol. The summed E-state index contributed by atoms with van der Waals surface area (Å²) in [6.07, 6.45) is -2.76. The summed E-state index contributed by atoms with van der Waals surface area (Å²) in [6.45, 7) is 4.71. The number of benzene rings is 2. The number of anilines is 1. The Balaban J connectivity index is 2.01. The summed E-state index contributed by atoms with van der Waals surface area (Å²) in [5.41, 5.74) is 3.28. The predicted octanol–water partition coefficient (Wildman–Crippen LogP) is 5.19. The molecule has 1 N–H and O–H groups in total. The molecule has 0 aliphatic heterocycles. The van der Waals surface area contributed by atoms with Gasteiger partial charge in [-0.25, -0.2) is 0 Å². The van der Waals surface area contributed by atoms with Crippen LogP contribution in [0.4, 0.5) is 18.9 Å². The smallest absolute Gasteiger partial charge is 0.416 e. The maximum absolute atomic E-state index is 12.5. The second-order valence-electron chi connectivity index (χ2n) is 5.69. The third-order valence-electron chi connectivity index (χ3n) is 3.10. The lowest BCUT2D eigenvalue weighted by Crippen LogP contribution is -2.06. The summed E-state index contributed by atoms with van der Waals surface area (Å²) in [7, 11) is 0. The lowest BCUT2D eigenvalue weighted by atomic mass is 10.2. The number of ether oxygens (including phenoxy) is 1. The standard InChI is InChI=1S/C18H19F3N2O/c1-13(2)12-24-17-6-4-3-5-14(17)11-22-23-16-9-7-15(8-10-16)18(19,20)21/h3-11,13,23H,12H2,1-2H3. The van der Waals surface area contributed by atoms with Gasteiger partial charge in [0.25, 0.3) is 0 Å². The average Bonchev–Trinajstić information content (AvgIpc) is 2.53. The first-order chi connectivity index (χ1) is 11.4. The summed E-state index contributed by atoms with van der Waals surface area (Å²) < 4.78 is 43.2. The Hall–Kier alpha value is -2.50. The molecule has 3 nitrogen and oxygen atoms in total. The molecule has 0 aromatic heterocycles. The molecule has 2 rings (SSSR count). The number of nitrogens with zero attached hydrogens (tertiary/aromatic N) is 1. The zero-order valence-corrected chi connectivity index (χ0v) is 13.5. The quantitative estimate of drug-likeness (QED) is 0.582. The van der Waals surface area contributed by atoms with Crippen LogP contribution < -0.4 is 10.2 Å². The zero-order valence-electron chi connectivity index (χ0n) is 13.5. The van der Waals surface area contributed by atoms with Gasteiger partial charge in [-0.1, -0.05) is 26.0 Å². The van der Waals surface area contributed by atoms with Crippen molar-refractivity contribution in [2.45, 2.75) is 20.0 Å². The van der Waals surface area contributed by atoms with Gasteiger partial charge in [0.15, 0.2) is 0 Å². The van der Waals surface area contributed by atoms with E-state index in [-0.39, 0.29) is 0 Å². The van der Waals surface area contributed by atoms with E-state index >= 15 is 0 Å². The van der Waals surface area contributed by atoms with Gasteiger partial charge in [-0.2, -0.15) is 18.3 Å². The monoisotopic (exact) mass is 336 g/mol. The SMILES string of the molecule is CC(C)COc1ccccc1C=NNc1ccc(C(F)(F)F)cc1. The highest BCUT2D eigenvalue weighted by Crippen LogP contribution is 2.29. The Bertz CT molecular complexity index is 679. The van der Waals surface area contributed by atoms with Gasteiger partial charge in [-0.05, 0) is 42.3 Å². The zero-order chi connectivity index (χ0) is 17.6. The van der Waals surface area contributed by atoms with Crippen LogP contribution in [-0.4, -0.2) is 12.8 Å². The van der Waals surface area contributed by atoms with Crippen LogP contribution in [-0.2, 0) is 6.18 Å². The Labute approximate surface area is 139 Å². The average molecular weight is 336 g/mol. The fourth-order valence-corrected chi connectivity index (χ4v) is 1.89. The number of hydrogen-bond donors (Lipinski definition) is 1. The van der Waals surface area contributed by atoms with Crippen LogP contribution in [0.5, 0.6) is 5.75 Å². The van der Waals surface area contributed by atoms with Crippen molar-refractivity contribution in [3.8, 4) is 5.75 Å². The maximum atomic E-state index is 12.5. The Morgan fingerprint density at radius 2 is 1.75 bits per heavy atom. The van der Waals surface area contributed by atoms with Crippen LogP contribution in [0, 0.1) is 5.92 Å². The van der Waals surface area contributed by atoms with Crippen LogP contribution in [0.1, 0.15) is 25.0 Å². The summed E-state index contributed by atoms with van der Waals surface area (Å²) in [6, 6.07) is 12.1. The van der Waals surface area contributed by atoms with Crippen molar-refractivity contribution in [2.24, 2.45) is 11.0 Å². The van der Waals surface area contributed by atoms with E-state index in [9.17, 15) is 13.2 Å². The van der Waals surface area contributed by atoms with Gasteiger partial charge in [0.05, 0.1) is 24.1 Å². The largest absolute Gasteiger partial charge is 0.493 e. The molecule has 0 radical (unpaired) electrons. The molecule has 0 unspecified atom stereocenters. The van der Waals surface area contributed by atoms with E-state index in [4.69, 9.17) is 4.74 Å². The molecular weight excluding hydrogens is 317 g/mol. The van der Waals surface area contributed by atoms with Gasteiger partial charge < -0.3 is 4.74 Å². The van der Waals surface area contributed by atoms with E-state index in [1.165, 1.54) is 12.1 Å². The van der Waals surface area contributed by atoms with Crippen molar-refractivity contribution >= 4 is 11.9 Å². The second-order valence-corrected chi connectivity index (χ2v) is 5.69. The molecule has 0 saturated heterocycles. The number of halogens is 3. The molecule has 0 aliphatic rings. The molecule has 2 aromatic rings. The first-order valence-corrected chi connectivity index (χ1v) is 7.54. The van der Waals surface area contributed by atoms with Gasteiger partial charge in [0.2, 0.25) is 0 Å². The summed E-state index contributed by atoms with van der Waals surface area (Å²) in [5.74, 6) is 1.12. The Morgan fingerprint density at radius 3 is 2.38 bits per heavy atom. The van der Waals surface area contributed by atoms with Gasteiger partial charge in [-0.3, -0.25) is 5.43 Å². The molecule has 24 heavy (non-hydrogen) atoms. The molecule has 0 amide bonds. The maximum Gasteiger partial charge on any atom is 0.416 e. The van der Waals surface area contributed by atoms with Crippen molar-refractivity contribution in [3.63, 3.8) is 0 Å². The topological polar surface area (TPSA) is 33.6 Å². The molecule has 128 valence electrons. The van der Waals surface area contributed by atoms with Crippen molar-refractivity contribution in [1.82, 2.24) is 0 Å². The molecule has 0 bridgehead atoms. The lowest BCUT2D eigenvalue weighted by Gasteiger charge is -2.10. The molecule has 0 heterocycles. The summed E-state index contributed by atoms with van der Waals surface area (Å²) >= 11 is 0. The molecule has 0 fully saturated rings. The minimum absolute atomic E-state index is 0.403. The number of alkyl halides is 3. The van der Waals surface area contributed by atoms with E-state index in [1.54, 1.807) is 6.21 Å². The minimum atomic E-state index is -4.34. The van der Waals surface area contributed by atoms with Crippen molar-refractivity contribution in [2.75, 3.05) is 12.0 Å². The van der Waals surface area contributed by atoms with E-state index in [2.05, 4.69) is 24.4 Å². The minimum Gasteiger partial charge on any atom is -0.493 e. The molecule has 6 heteroatoms. The summed E-state index contributed by atoms with van der Waals surface area (Å²) in [4.78, 5) is 0. The van der Waals surface area contributed by atoms with Gasteiger partial charge in [-0.15, -0.1) is 0 Å². The number of para-hydroxylation sites is 1. The van der Waals surface area contributed by atoms with Crippen LogP contribution in [0.15, 0.2) is 53.6 Å². The Morgan fingerprint density at radius 1 is 1.08 bits per heavy atom. The normalized spacial score (nSPS) is 11.9. The fraction of sp³-hybridized carbons (Fsp3) is 0.278. The fourth-order valence-electron chi connectivity index (χ4n) is 1.89. The summed E-state index contributed by atoms with van der Waals surface area (Å²) in [5, 5.41) is 4.06. The van der Waals surface area contributed by atoms with E-state index in [0.29, 0.717) is 24.0 Å². The molecular formula is C18H19F3N2O. The number of hydrogen-bond acceptors (Lipinski definition) is 3. The van der Waals surface area contributed by atoms with Gasteiger partial charge in [0.1, 0.15) is 5.75 Å². The number of hydrazone groups is 1. The van der Waals surface area contributed by atoms with E-state index in [0.717, 1.165) is 17.7 Å². The number of rotatable bonds is 6. The van der Waals surface area contributed by atoms with Gasteiger partial charge in [0, 0.05) is 5.56 Å². The highest BCUT2D eigenvalue weighted by molar-refractivity contribution is 5.84. The lowest BCUT2D eigenvalue weighted by molar-refractivity contribution is -0.137. The molecule has 0 aliphatic carbocycles. The van der Waals surface area contributed by atoms with Crippen molar-refractivity contribution in [1.29, 1.82) is 0 Å². The highest BCUT2D eigenvalue weighted by Gasteiger charge is 2.29. The first kappa shape index (κ1) is 17.8. The number of nitrogens with one attached hydrogen (secondary N) is 1. The molecule has 0 spiro atoms. The third-order valence-corrected chi connectivity index (χ3v) is 3.10. The Kier molecular flexibility index (Phi) is 5.84. The van der Waals surface area contributed by atoms with Crippen LogP contribution in [0.25, 0.3) is 0 Å². The van der Waals surface area contributed by atoms with E-state index in [1.807, 2.05) is 24.3 Å². The molecule has 0 saturated carbocycles. The van der Waals surface area contributed by atoms with Crippen LogP contribution in [0.3, 0.4) is 0 Å². The highest BCUT2D eigenvalue weighted by atomic mass is 19.4. The third kappa shape index (κ3) is 5.30. The van der Waals surface area contributed by atoms with Crippen LogP contribution >= 0.6 is 0 Å². The first-order valence-electron chi connectivity index (χ1n) is 7.54.